The summed E-state index contributed by atoms with van der Waals surface area (Å²) in [7, 11) is 2.19. The van der Waals surface area contributed by atoms with Crippen LogP contribution in [0.1, 0.15) is 101 Å². The Morgan fingerprint density at radius 3 is 0.935 bits per heavy atom. The molecular formula is C91H88N26O6S. The van der Waals surface area contributed by atoms with Gasteiger partial charge in [-0.1, -0.05) is 48.5 Å². The number of rotatable bonds is 18. The van der Waals surface area contributed by atoms with Gasteiger partial charge in [0.25, 0.3) is 10.0 Å². The third kappa shape index (κ3) is 17.5. The van der Waals surface area contributed by atoms with Gasteiger partial charge in [0.1, 0.15) is 46.5 Å². The van der Waals surface area contributed by atoms with Crippen molar-refractivity contribution < 1.29 is 27.6 Å². The largest absolute Gasteiger partial charge is 0.383 e. The molecule has 32 nitrogen and oxygen atoms in total. The second kappa shape index (κ2) is 33.5. The molecule has 4 amide bonds. The van der Waals surface area contributed by atoms with Gasteiger partial charge in [-0.05, 0) is 211 Å². The van der Waals surface area contributed by atoms with Gasteiger partial charge in [-0.25, -0.2) is 48.3 Å². The molecule has 14 heterocycles. The van der Waals surface area contributed by atoms with Crippen molar-refractivity contribution in [3.63, 3.8) is 0 Å². The zero-order valence-electron chi connectivity index (χ0n) is 69.0. The minimum Gasteiger partial charge on any atom is -0.383 e. The van der Waals surface area contributed by atoms with E-state index in [-0.39, 0.29) is 76.7 Å². The molecule has 4 aliphatic rings. The van der Waals surface area contributed by atoms with Gasteiger partial charge in [0, 0.05) is 163 Å². The topological polar surface area (TPSA) is 455 Å². The quantitative estimate of drug-likeness (QED) is 0.0395. The van der Waals surface area contributed by atoms with Crippen LogP contribution in [0.3, 0.4) is 0 Å². The van der Waals surface area contributed by atoms with Crippen molar-refractivity contribution in [1.29, 1.82) is 0 Å². The van der Waals surface area contributed by atoms with E-state index in [4.69, 9.17) is 22.9 Å². The molecule has 124 heavy (non-hydrogen) atoms. The third-order valence-corrected chi connectivity index (χ3v) is 24.6. The van der Waals surface area contributed by atoms with Gasteiger partial charge in [0.05, 0.1) is 53.3 Å². The van der Waals surface area contributed by atoms with E-state index in [0.29, 0.717) is 58.3 Å². The molecule has 0 unspecified atom stereocenters. The molecule has 0 aliphatic heterocycles. The first-order valence-corrected chi connectivity index (χ1v) is 42.0. The lowest BCUT2D eigenvalue weighted by Crippen LogP contribution is -2.16. The fourth-order valence-electron chi connectivity index (χ4n) is 15.7. The Morgan fingerprint density at radius 2 is 0.653 bits per heavy atom. The predicted molar refractivity (Wildman–Crippen MR) is 477 cm³/mol. The lowest BCUT2D eigenvalue weighted by Gasteiger charge is -2.10. The number of fused-ring (bicyclic) bond motifs is 4. The molecule has 0 radical (unpaired) electrons. The van der Waals surface area contributed by atoms with Crippen LogP contribution in [-0.2, 0) is 50.3 Å². The zero-order chi connectivity index (χ0) is 86.5. The van der Waals surface area contributed by atoms with E-state index in [1.165, 1.54) is 12.4 Å². The number of amides is 4. The number of carbonyl (C=O) groups excluding carboxylic acids is 4. The Morgan fingerprint density at radius 1 is 0.371 bits per heavy atom. The van der Waals surface area contributed by atoms with Crippen LogP contribution in [0.5, 0.6) is 0 Å². The number of nitrogen functional groups attached to an aromatic ring is 4. The first kappa shape index (κ1) is 81.2. The van der Waals surface area contributed by atoms with Gasteiger partial charge < -0.3 is 44.2 Å². The van der Waals surface area contributed by atoms with Crippen LogP contribution in [0.4, 0.5) is 46.5 Å². The summed E-state index contributed by atoms with van der Waals surface area (Å²) in [5.41, 5.74) is 40.0. The number of hydrogen-bond donors (Lipinski definition) is 8. The van der Waals surface area contributed by atoms with Crippen molar-refractivity contribution >= 4 is 123 Å². The molecule has 624 valence electrons. The van der Waals surface area contributed by atoms with Crippen LogP contribution in [0, 0.1) is 51.4 Å². The molecule has 12 N–H and O–H groups in total. The smallest absolute Gasteiger partial charge is 0.253 e. The molecule has 16 aromatic rings. The standard InChI is InChI=1S/C24H24N6O3S.C23H22N6O.2C22H21N7O/c1-3-34(32,33)30-13-16(11-27-30)18-10-19(18)24(31)29-22-9-15-8-21(17-7-5-4-6-14(17)2)28-23(25)20(15)12-26-22;1-13-5-3-4-6-16(13)20-7-14-8-21(25-11-19(14)22(24)27-20)28-23(30)18-9-17(18)15-10-26-29(2)12-15;2*1-12-3-4-24-9-17(12)19-5-13-6-20(25-10-18(13)21(23)27-19)28-22(30)16-7-15(16)14-8-26-29(2)11-14/h4-9,11-13,18-19H,3,10H2,1-2H3,(H2,25,28)(H,26,29,31);3-8,10-12,17-18H,9H2,1-2H3,(H2,24,27)(H,25,28,30);2*3-6,8-11,15-16H,7H2,1-2H3,(H2,23,27)(H,25,28,30)/t18-,19+;17-,18+;2*15-,16+/m1010/s1. The van der Waals surface area contributed by atoms with E-state index in [0.717, 1.165) is 151 Å². The number of benzene rings is 2. The van der Waals surface area contributed by atoms with Gasteiger partial charge in [-0.2, -0.15) is 24.5 Å². The Balaban J connectivity index is 0.000000117. The van der Waals surface area contributed by atoms with E-state index in [1.807, 2.05) is 189 Å². The monoisotopic (exact) mass is 1670 g/mol. The van der Waals surface area contributed by atoms with Crippen LogP contribution < -0.4 is 44.2 Å². The summed E-state index contributed by atoms with van der Waals surface area (Å²) in [6, 6.07) is 35.0. The number of carbonyl (C=O) groups is 4. The summed E-state index contributed by atoms with van der Waals surface area (Å²) < 4.78 is 30.2. The molecular weight excluding hydrogens is 1590 g/mol. The molecule has 0 bridgehead atoms. The van der Waals surface area contributed by atoms with E-state index in [2.05, 4.69) is 91.5 Å². The lowest BCUT2D eigenvalue weighted by atomic mass is 10.0. The summed E-state index contributed by atoms with van der Waals surface area (Å²) >= 11 is 0. The first-order chi connectivity index (χ1) is 59.7. The van der Waals surface area contributed by atoms with Crippen molar-refractivity contribution in [2.24, 2.45) is 44.8 Å². The van der Waals surface area contributed by atoms with Gasteiger partial charge >= 0.3 is 0 Å². The number of nitrogens with two attached hydrogens (primary N) is 4. The maximum Gasteiger partial charge on any atom is 0.253 e. The van der Waals surface area contributed by atoms with E-state index >= 15 is 0 Å². The second-order valence-corrected chi connectivity index (χ2v) is 34.0. The highest BCUT2D eigenvalue weighted by Crippen LogP contribution is 2.51. The van der Waals surface area contributed by atoms with Crippen LogP contribution in [0.25, 0.3) is 88.1 Å². The SMILES string of the molecule is CCS(=O)(=O)n1cc([C@H]2C[C@@H]2C(=O)Nc2cc3cc(-c4ccccc4C)nc(N)c3cn2)cn1.Cc1ccccc1-c1cc2cc(NC(=O)[C@@H]3C[C@H]3c3cnn(C)c3)ncc2c(N)n1.Cc1ccncc1-c1cc2cc(NC(=O)[C@@H]3C[C@H]3c3cnn(C)c3)ncc2c(N)n1.Cc1ccncc1-c1cc2cc(NC(=O)[C@H]3C[C@@H]3c3cnn(C)c3)ncc2c(N)n1. The maximum atomic E-state index is 12.8. The molecule has 0 saturated heterocycles. The number of nitrogens with one attached hydrogen (secondary N) is 4. The highest BCUT2D eigenvalue weighted by Gasteiger charge is 2.48. The van der Waals surface area contributed by atoms with Crippen LogP contribution in [0.2, 0.25) is 0 Å². The average molecular weight is 1670 g/mol. The number of nitrogens with zero attached hydrogens (tertiary/aromatic N) is 18. The molecule has 33 heteroatoms. The Hall–Kier alpha value is -15.2. The number of anilines is 8. The number of aromatic nitrogens is 18. The molecule has 4 saturated carbocycles. The normalized spacial score (nSPS) is 17.7. The van der Waals surface area contributed by atoms with Crippen molar-refractivity contribution in [3.05, 3.63) is 253 Å². The Labute approximate surface area is 711 Å². The zero-order valence-corrected chi connectivity index (χ0v) is 69.8. The van der Waals surface area contributed by atoms with Crippen LogP contribution >= 0.6 is 0 Å². The van der Waals surface area contributed by atoms with E-state index in [1.54, 1.807) is 76.6 Å². The van der Waals surface area contributed by atoms with Gasteiger partial charge in [0.15, 0.2) is 0 Å². The van der Waals surface area contributed by atoms with Gasteiger partial charge in [0.2, 0.25) is 23.6 Å². The van der Waals surface area contributed by atoms with Crippen molar-refractivity contribution in [1.82, 2.24) is 88.4 Å². The van der Waals surface area contributed by atoms with Crippen molar-refractivity contribution in [2.45, 2.75) is 84.0 Å². The molecule has 4 fully saturated rings. The summed E-state index contributed by atoms with van der Waals surface area (Å²) in [5, 5.41) is 34.7. The van der Waals surface area contributed by atoms with Crippen LogP contribution in [0.15, 0.2) is 208 Å². The van der Waals surface area contributed by atoms with E-state index < -0.39 is 10.0 Å². The molecule has 20 rings (SSSR count). The highest BCUT2D eigenvalue weighted by atomic mass is 32.2. The maximum absolute atomic E-state index is 12.8. The lowest BCUT2D eigenvalue weighted by molar-refractivity contribution is -0.118. The number of aryl methyl sites for hydroxylation is 7. The van der Waals surface area contributed by atoms with Crippen LogP contribution in [-0.4, -0.2) is 126 Å². The summed E-state index contributed by atoms with van der Waals surface area (Å²) in [6.45, 7) is 9.64. The first-order valence-electron chi connectivity index (χ1n) is 40.4. The van der Waals surface area contributed by atoms with Crippen molar-refractivity contribution in [3.8, 4) is 45.0 Å². The Kier molecular flexibility index (Phi) is 21.9. The Bertz CT molecular complexity index is 6550. The highest BCUT2D eigenvalue weighted by molar-refractivity contribution is 7.89. The summed E-state index contributed by atoms with van der Waals surface area (Å²) in [4.78, 5) is 94.8. The minimum absolute atomic E-state index is 0.0168. The predicted octanol–water partition coefficient (Wildman–Crippen LogP) is 13.1. The second-order valence-electron chi connectivity index (χ2n) is 31.9. The summed E-state index contributed by atoms with van der Waals surface area (Å²) in [5.74, 6) is 3.48. The van der Waals surface area contributed by atoms with Gasteiger partial charge in [-0.15, -0.1) is 0 Å². The summed E-state index contributed by atoms with van der Waals surface area (Å²) in [6.07, 6.45) is 31.1. The van der Waals surface area contributed by atoms with E-state index in [9.17, 15) is 27.6 Å². The van der Waals surface area contributed by atoms with Gasteiger partial charge in [-0.3, -0.25) is 43.2 Å². The fourth-order valence-corrected chi connectivity index (χ4v) is 16.4. The number of pyridine rings is 10. The fraction of sp³-hybridized carbons (Fsp3) is 0.231. The molecule has 0 spiro atoms. The number of hydrogen-bond acceptors (Lipinski definition) is 24. The molecule has 2 aromatic carbocycles. The average Bonchev–Trinajstić information content (AvgIpc) is 1.50. The minimum atomic E-state index is -3.44. The molecule has 14 aromatic heterocycles. The van der Waals surface area contributed by atoms with Crippen molar-refractivity contribution in [2.75, 3.05) is 50.0 Å². The molecule has 8 atom stereocenters. The third-order valence-electron chi connectivity index (χ3n) is 23.1. The molecule has 4 aliphatic carbocycles.